The molecular formula is C90H126Cl2N4O10. The van der Waals surface area contributed by atoms with E-state index in [-0.39, 0.29) is 91.1 Å². The fourth-order valence-corrected chi connectivity index (χ4v) is 26.6. The van der Waals surface area contributed by atoms with Crippen molar-refractivity contribution in [3.05, 3.63) is 92.7 Å². The molecule has 106 heavy (non-hydrogen) atoms. The maximum absolute atomic E-state index is 13.5. The normalized spacial score (nSPS) is 36.5. The van der Waals surface area contributed by atoms with Gasteiger partial charge in [-0.1, -0.05) is 142 Å². The van der Waals surface area contributed by atoms with Gasteiger partial charge >= 0.3 is 23.9 Å². The molecular weight excluding hydrogens is 1370 g/mol. The van der Waals surface area contributed by atoms with Gasteiger partial charge in [-0.2, -0.15) is 0 Å². The molecule has 10 aliphatic carbocycles. The van der Waals surface area contributed by atoms with Crippen LogP contribution in [0.3, 0.4) is 0 Å². The molecule has 0 amide bonds. The minimum Gasteiger partial charge on any atom is -0.481 e. The van der Waals surface area contributed by atoms with Gasteiger partial charge in [0.1, 0.15) is 17.8 Å². The summed E-state index contributed by atoms with van der Waals surface area (Å²) in [6.45, 7) is 46.9. The van der Waals surface area contributed by atoms with Crippen molar-refractivity contribution in [2.75, 3.05) is 0 Å². The Labute approximate surface area is 643 Å². The van der Waals surface area contributed by atoms with Gasteiger partial charge in [-0.15, -0.1) is 20.4 Å². The molecule has 1 N–H and O–H groups in total. The van der Waals surface area contributed by atoms with Gasteiger partial charge in [0, 0.05) is 32.0 Å². The molecule has 2 heterocycles. The van der Waals surface area contributed by atoms with E-state index in [1.807, 2.05) is 69.3 Å². The number of halogens is 2. The Morgan fingerprint density at radius 3 is 1.21 bits per heavy atom. The zero-order valence-electron chi connectivity index (χ0n) is 68.1. The molecule has 2 aromatic heterocycles. The molecule has 14 nitrogen and oxygen atoms in total. The summed E-state index contributed by atoms with van der Waals surface area (Å²) in [5, 5.41) is 29.9. The fourth-order valence-electron chi connectivity index (χ4n) is 26.3. The van der Waals surface area contributed by atoms with Crippen molar-refractivity contribution in [3.8, 4) is 22.9 Å². The minimum absolute atomic E-state index is 0.0125. The first-order valence-corrected chi connectivity index (χ1v) is 41.6. The molecule has 0 bridgehead atoms. The van der Waals surface area contributed by atoms with Crippen LogP contribution in [0.4, 0.5) is 0 Å². The van der Waals surface area contributed by atoms with Gasteiger partial charge < -0.3 is 28.2 Å². The number of ether oxygens (including phenoxy) is 3. The van der Waals surface area contributed by atoms with Gasteiger partial charge in [-0.3, -0.25) is 19.2 Å². The van der Waals surface area contributed by atoms with Crippen molar-refractivity contribution in [1.29, 1.82) is 0 Å². The van der Waals surface area contributed by atoms with Crippen LogP contribution in [0.2, 0.25) is 10.0 Å². The summed E-state index contributed by atoms with van der Waals surface area (Å²) in [5.74, 6) is 4.63. The number of carboxylic acid groups (broad SMARTS) is 1. The summed E-state index contributed by atoms with van der Waals surface area (Å²) in [6, 6.07) is 15.4. The van der Waals surface area contributed by atoms with Crippen LogP contribution in [-0.4, -0.2) is 67.2 Å². The van der Waals surface area contributed by atoms with E-state index in [1.54, 1.807) is 50.0 Å². The molecule has 16 atom stereocenters. The molecule has 8 fully saturated rings. The number of aromatic nitrogens is 4. The lowest BCUT2D eigenvalue weighted by atomic mass is 9.33. The Hall–Kier alpha value is -5.34. The van der Waals surface area contributed by atoms with Crippen LogP contribution in [0.5, 0.6) is 0 Å². The summed E-state index contributed by atoms with van der Waals surface area (Å²) in [5.41, 5.74) is 5.72. The molecule has 0 aliphatic heterocycles. The second-order valence-corrected chi connectivity index (χ2v) is 41.9. The van der Waals surface area contributed by atoms with Crippen molar-refractivity contribution in [2.24, 2.45) is 101 Å². The molecule has 10 aliphatic rings. The van der Waals surface area contributed by atoms with Gasteiger partial charge in [0.15, 0.2) is 0 Å². The third kappa shape index (κ3) is 12.6. The van der Waals surface area contributed by atoms with Crippen LogP contribution in [-0.2, 0) is 44.2 Å². The second-order valence-electron chi connectivity index (χ2n) is 41.0. The average Bonchev–Trinajstić information content (AvgIpc) is 1.10. The average molecular weight is 1490 g/mol. The number of carbonyl (C=O) groups excluding carboxylic acids is 3. The lowest BCUT2D eigenvalue weighted by molar-refractivity contribution is -0.232. The maximum atomic E-state index is 13.5. The summed E-state index contributed by atoms with van der Waals surface area (Å²) in [6.07, 6.45) is 21.3. The van der Waals surface area contributed by atoms with E-state index in [1.165, 1.54) is 38.5 Å². The summed E-state index contributed by atoms with van der Waals surface area (Å²) in [7, 11) is 0. The van der Waals surface area contributed by atoms with E-state index >= 15 is 0 Å². The standard InChI is InChI=1S/C47H67ClN2O5.C43H59ClN2O5/c1-28(2)31-19-24-47(39-50-49-38(54-39)29-13-15-30(48)16-14-29)26-25-45(11)32(37(31)47)17-18-34-44(10)22-21-35(43(8,9)33(44)20-23-46(34,45)12)53-36(51)27-42(6,7)40(52)55-41(3,4)5;1-25(2)28-16-21-43(36-46-45-35(51-36)26-10-12-27(44)13-11-26)23-22-41(8)29(34(28)43)14-15-31-40(7)19-18-32(50-33(47)24-38(3,4)37(48)49)39(5,6)30(40)17-20-42(31,41)9/h13-16,28,32-35H,17-27H2,1-12H3;10-13,25,29-32H,14-24H2,1-9H3,(H,48,49)/t32-,33+,34-,35+,44+,45-,46-,47+;29-,30+,31-,32+,40+,41-,42-,43+/m11/s1. The second kappa shape index (κ2) is 27.0. The van der Waals surface area contributed by atoms with Crippen molar-refractivity contribution in [2.45, 2.75) is 315 Å². The van der Waals surface area contributed by atoms with Crippen LogP contribution >= 0.6 is 23.2 Å². The van der Waals surface area contributed by atoms with Crippen LogP contribution in [0.1, 0.15) is 298 Å². The van der Waals surface area contributed by atoms with Crippen molar-refractivity contribution in [1.82, 2.24) is 20.4 Å². The Kier molecular flexibility index (Phi) is 20.0. The highest BCUT2D eigenvalue weighted by molar-refractivity contribution is 6.31. The van der Waals surface area contributed by atoms with E-state index in [2.05, 4.69) is 107 Å². The molecule has 580 valence electrons. The zero-order valence-corrected chi connectivity index (χ0v) is 69.6. The van der Waals surface area contributed by atoms with Gasteiger partial charge in [0.2, 0.25) is 23.6 Å². The quantitative estimate of drug-likeness (QED) is 0.0711. The third-order valence-electron chi connectivity index (χ3n) is 32.3. The van der Waals surface area contributed by atoms with Crippen molar-refractivity contribution in [3.63, 3.8) is 0 Å². The number of allylic oxidation sites excluding steroid dienone is 4. The molecule has 4 aromatic rings. The molecule has 14 rings (SSSR count). The predicted octanol–water partition coefficient (Wildman–Crippen LogP) is 23.0. The molecule has 0 radical (unpaired) electrons. The molecule has 8 saturated carbocycles. The van der Waals surface area contributed by atoms with E-state index in [0.29, 0.717) is 69.2 Å². The number of fused-ring (bicyclic) bond motifs is 14. The van der Waals surface area contributed by atoms with Crippen LogP contribution in [0, 0.1) is 101 Å². The summed E-state index contributed by atoms with van der Waals surface area (Å²) >= 11 is 12.4. The summed E-state index contributed by atoms with van der Waals surface area (Å²) in [4.78, 5) is 51.3. The fraction of sp³-hybridized carbons (Fsp3) is 0.733. The molecule has 0 spiro atoms. The Balaban J connectivity index is 0.000000188. The van der Waals surface area contributed by atoms with Crippen LogP contribution in [0.25, 0.3) is 22.9 Å². The molecule has 16 heteroatoms. The van der Waals surface area contributed by atoms with Crippen LogP contribution < -0.4 is 0 Å². The van der Waals surface area contributed by atoms with Crippen molar-refractivity contribution < 1.29 is 47.3 Å². The van der Waals surface area contributed by atoms with E-state index in [4.69, 9.17) is 56.4 Å². The Bertz CT molecular complexity index is 4120. The first-order valence-electron chi connectivity index (χ1n) is 40.8. The number of benzene rings is 2. The lowest BCUT2D eigenvalue weighted by Gasteiger charge is -2.72. The molecule has 2 aromatic carbocycles. The maximum Gasteiger partial charge on any atom is 0.312 e. The van der Waals surface area contributed by atoms with Gasteiger partial charge in [0.05, 0.1) is 34.5 Å². The Morgan fingerprint density at radius 1 is 0.472 bits per heavy atom. The number of carbonyl (C=O) groups is 4. The smallest absolute Gasteiger partial charge is 0.312 e. The summed E-state index contributed by atoms with van der Waals surface area (Å²) < 4.78 is 31.5. The SMILES string of the molecule is CC(C)C1=C2[C@H]3CC[C@@H]4[C@@]5(C)CC[C@H](OC(=O)CC(C)(C)C(=O)O)C(C)(C)[C@@H]5CC[C@@]4(C)[C@]3(C)CC[C@@]2(c2nnc(-c3ccc(Cl)cc3)o2)CC1.CC(C)C1=C2[C@H]3CC[C@@H]4[C@@]5(C)CC[C@H](OC(=O)CC(C)(C)C(=O)OC(C)(C)C)C(C)(C)[C@@H]5CC[C@@]4(C)[C@]3(C)CC[C@@]2(c2nnc(-c3ccc(Cl)cc3)o2)CC1. The zero-order chi connectivity index (χ0) is 77.1. The number of esters is 3. The number of hydrogen-bond donors (Lipinski definition) is 1. The number of nitrogens with zero attached hydrogens (tertiary/aromatic N) is 4. The Morgan fingerprint density at radius 2 is 0.849 bits per heavy atom. The number of hydrogen-bond acceptors (Lipinski definition) is 13. The number of rotatable bonds is 14. The predicted molar refractivity (Wildman–Crippen MR) is 416 cm³/mol. The van der Waals surface area contributed by atoms with E-state index < -0.39 is 28.4 Å². The highest BCUT2D eigenvalue weighted by atomic mass is 35.5. The third-order valence-corrected chi connectivity index (χ3v) is 32.8. The van der Waals surface area contributed by atoms with Crippen molar-refractivity contribution >= 4 is 47.1 Å². The minimum atomic E-state index is -1.14. The van der Waals surface area contributed by atoms with Gasteiger partial charge in [0.25, 0.3) is 0 Å². The van der Waals surface area contributed by atoms with Crippen LogP contribution in [0.15, 0.2) is 79.7 Å². The van der Waals surface area contributed by atoms with Gasteiger partial charge in [-0.25, -0.2) is 0 Å². The lowest BCUT2D eigenvalue weighted by Crippen LogP contribution is -2.66. The largest absolute Gasteiger partial charge is 0.481 e. The highest BCUT2D eigenvalue weighted by Crippen LogP contribution is 2.79. The molecule has 0 saturated heterocycles. The van der Waals surface area contributed by atoms with Gasteiger partial charge in [-0.05, 0) is 305 Å². The first kappa shape index (κ1) is 78.8. The monoisotopic (exact) mass is 1490 g/mol. The van der Waals surface area contributed by atoms with E-state index in [0.717, 1.165) is 113 Å². The first-order chi connectivity index (χ1) is 49.3. The molecule has 0 unspecified atom stereocenters. The van der Waals surface area contributed by atoms with E-state index in [9.17, 15) is 24.3 Å². The highest BCUT2D eigenvalue weighted by Gasteiger charge is 2.73. The topological polar surface area (TPSA) is 194 Å². The number of carboxylic acids is 1. The number of aliphatic carboxylic acids is 1.